The van der Waals surface area contributed by atoms with E-state index in [1.54, 1.807) is 21.9 Å². The number of nitrogens with zero attached hydrogens (tertiary/aromatic N) is 2. The maximum atomic E-state index is 12.9. The lowest BCUT2D eigenvalue weighted by atomic mass is 10.1. The summed E-state index contributed by atoms with van der Waals surface area (Å²) in [7, 11) is 0. The van der Waals surface area contributed by atoms with Crippen molar-refractivity contribution in [2.24, 2.45) is 0 Å². The first-order valence-electron chi connectivity index (χ1n) is 9.38. The largest absolute Gasteiger partial charge is 0.444 e. The van der Waals surface area contributed by atoms with Gasteiger partial charge in [-0.3, -0.25) is 4.79 Å². The minimum absolute atomic E-state index is 0.0129. The molecule has 2 aromatic rings. The van der Waals surface area contributed by atoms with Crippen molar-refractivity contribution in [1.82, 2.24) is 9.80 Å². The fourth-order valence-electron chi connectivity index (χ4n) is 3.30. The van der Waals surface area contributed by atoms with Gasteiger partial charge in [-0.2, -0.15) is 0 Å². The van der Waals surface area contributed by atoms with E-state index in [-0.39, 0.29) is 23.8 Å². The van der Waals surface area contributed by atoms with Crippen molar-refractivity contribution in [3.05, 3.63) is 46.0 Å². The van der Waals surface area contributed by atoms with Gasteiger partial charge in [0.1, 0.15) is 5.60 Å². The average Bonchev–Trinajstić information content (AvgIpc) is 2.60. The zero-order chi connectivity index (χ0) is 20.6. The Morgan fingerprint density at radius 1 is 1.18 bits per heavy atom. The second-order valence-corrected chi connectivity index (χ2v) is 8.26. The molecule has 0 unspecified atom stereocenters. The molecule has 0 aliphatic carbocycles. The van der Waals surface area contributed by atoms with Crippen molar-refractivity contribution in [1.29, 1.82) is 0 Å². The van der Waals surface area contributed by atoms with E-state index in [2.05, 4.69) is 0 Å². The average molecular weight is 386 g/mol. The Balaban J connectivity index is 1.77. The van der Waals surface area contributed by atoms with Gasteiger partial charge in [0.05, 0.1) is 5.39 Å². The molecule has 28 heavy (non-hydrogen) atoms. The van der Waals surface area contributed by atoms with Crippen LogP contribution in [0.4, 0.5) is 4.79 Å². The summed E-state index contributed by atoms with van der Waals surface area (Å²) >= 11 is 0. The number of carbonyl (C=O) groups excluding carboxylic acids is 2. The number of piperazine rings is 1. The molecule has 150 valence electrons. The minimum atomic E-state index is -0.569. The first kappa shape index (κ1) is 19.9. The number of aryl methyl sites for hydroxylation is 1. The molecule has 2 heterocycles. The van der Waals surface area contributed by atoms with Gasteiger partial charge in [-0.15, -0.1) is 0 Å². The highest BCUT2D eigenvalue weighted by atomic mass is 16.6. The van der Waals surface area contributed by atoms with Crippen molar-refractivity contribution in [3.8, 4) is 0 Å². The molecule has 1 aliphatic heterocycles. The Labute approximate surface area is 163 Å². The molecular formula is C21H26N2O5. The molecule has 1 saturated heterocycles. The van der Waals surface area contributed by atoms with Gasteiger partial charge in [0.25, 0.3) is 5.91 Å². The molecule has 3 rings (SSSR count). The van der Waals surface area contributed by atoms with Crippen LogP contribution in [0.3, 0.4) is 0 Å². The zero-order valence-electron chi connectivity index (χ0n) is 16.9. The summed E-state index contributed by atoms with van der Waals surface area (Å²) in [6.45, 7) is 10.3. The third-order valence-electron chi connectivity index (χ3n) is 4.67. The van der Waals surface area contributed by atoms with Gasteiger partial charge in [0, 0.05) is 25.7 Å². The summed E-state index contributed by atoms with van der Waals surface area (Å²) in [5.41, 5.74) is -0.143. The van der Waals surface area contributed by atoms with Gasteiger partial charge in [0.15, 0.2) is 5.76 Å². The molecule has 0 radical (unpaired) electrons. The summed E-state index contributed by atoms with van der Waals surface area (Å²) in [6.07, 6.45) is -0.390. The standard InChI is InChI=1S/C21H26N2O5/c1-13-6-7-15-11-17(27-19(25)16(15)10-13)18(24)23-9-8-22(12-14(23)2)20(26)28-21(3,4)5/h6-7,10-11,14H,8-9,12H2,1-5H3/t14-/m0/s1. The summed E-state index contributed by atoms with van der Waals surface area (Å²) < 4.78 is 10.7. The van der Waals surface area contributed by atoms with E-state index < -0.39 is 11.2 Å². The van der Waals surface area contributed by atoms with Crippen molar-refractivity contribution < 1.29 is 18.7 Å². The number of amides is 2. The summed E-state index contributed by atoms with van der Waals surface area (Å²) in [6, 6.07) is 6.82. The predicted molar refractivity (Wildman–Crippen MR) is 106 cm³/mol. The van der Waals surface area contributed by atoms with Crippen LogP contribution >= 0.6 is 0 Å². The van der Waals surface area contributed by atoms with E-state index in [4.69, 9.17) is 9.15 Å². The fourth-order valence-corrected chi connectivity index (χ4v) is 3.30. The van der Waals surface area contributed by atoms with Crippen LogP contribution in [0, 0.1) is 6.92 Å². The predicted octanol–water partition coefficient (Wildman–Crippen LogP) is 3.18. The van der Waals surface area contributed by atoms with E-state index in [1.807, 2.05) is 46.8 Å². The van der Waals surface area contributed by atoms with Crippen LogP contribution < -0.4 is 5.63 Å². The fraction of sp³-hybridized carbons (Fsp3) is 0.476. The smallest absolute Gasteiger partial charge is 0.410 e. The second kappa shape index (κ2) is 7.30. The number of ether oxygens (including phenoxy) is 1. The molecule has 0 saturated carbocycles. The van der Waals surface area contributed by atoms with Crippen LogP contribution in [-0.2, 0) is 4.74 Å². The molecule has 1 aromatic heterocycles. The van der Waals surface area contributed by atoms with E-state index in [1.165, 1.54) is 0 Å². The summed E-state index contributed by atoms with van der Waals surface area (Å²) in [5.74, 6) is -0.338. The molecular weight excluding hydrogens is 360 g/mol. The molecule has 0 bridgehead atoms. The maximum absolute atomic E-state index is 12.9. The van der Waals surface area contributed by atoms with E-state index >= 15 is 0 Å². The first-order valence-corrected chi connectivity index (χ1v) is 9.38. The minimum Gasteiger partial charge on any atom is -0.444 e. The van der Waals surface area contributed by atoms with Crippen molar-refractivity contribution >= 4 is 22.8 Å². The normalized spacial score (nSPS) is 17.7. The highest BCUT2D eigenvalue weighted by molar-refractivity contribution is 5.95. The lowest BCUT2D eigenvalue weighted by molar-refractivity contribution is 0.00553. The molecule has 1 aliphatic rings. The topological polar surface area (TPSA) is 80.1 Å². The summed E-state index contributed by atoms with van der Waals surface area (Å²) in [4.78, 5) is 40.7. The van der Waals surface area contributed by atoms with Crippen LogP contribution in [0.5, 0.6) is 0 Å². The van der Waals surface area contributed by atoms with Gasteiger partial charge >= 0.3 is 11.7 Å². The summed E-state index contributed by atoms with van der Waals surface area (Å²) in [5, 5.41) is 1.13. The highest BCUT2D eigenvalue weighted by Crippen LogP contribution is 2.19. The molecule has 7 heteroatoms. The van der Waals surface area contributed by atoms with Gasteiger partial charge in [-0.1, -0.05) is 17.7 Å². The highest BCUT2D eigenvalue weighted by Gasteiger charge is 2.33. The van der Waals surface area contributed by atoms with Crippen LogP contribution in [0.25, 0.3) is 10.8 Å². The van der Waals surface area contributed by atoms with Gasteiger partial charge in [0.2, 0.25) is 0 Å². The SMILES string of the molecule is Cc1ccc2cc(C(=O)N3CCN(C(=O)OC(C)(C)C)C[C@@H]3C)oc(=O)c2c1. The lowest BCUT2D eigenvalue weighted by Crippen LogP contribution is -2.56. The lowest BCUT2D eigenvalue weighted by Gasteiger charge is -2.39. The van der Waals surface area contributed by atoms with E-state index in [0.29, 0.717) is 30.4 Å². The number of hydrogen-bond donors (Lipinski definition) is 0. The van der Waals surface area contributed by atoms with Crippen LogP contribution in [0.2, 0.25) is 0 Å². The third kappa shape index (κ3) is 4.18. The maximum Gasteiger partial charge on any atom is 0.410 e. The number of fused-ring (bicyclic) bond motifs is 1. The molecule has 1 fully saturated rings. The van der Waals surface area contributed by atoms with Gasteiger partial charge in [-0.25, -0.2) is 9.59 Å². The van der Waals surface area contributed by atoms with Crippen molar-refractivity contribution in [3.63, 3.8) is 0 Å². The van der Waals surface area contributed by atoms with E-state index in [0.717, 1.165) is 5.56 Å². The third-order valence-corrected chi connectivity index (χ3v) is 4.67. The van der Waals surface area contributed by atoms with Gasteiger partial charge in [-0.05, 0) is 52.1 Å². The monoisotopic (exact) mass is 386 g/mol. The van der Waals surface area contributed by atoms with Crippen LogP contribution in [0.1, 0.15) is 43.8 Å². The number of carbonyl (C=O) groups is 2. The molecule has 1 aromatic carbocycles. The van der Waals surface area contributed by atoms with Crippen LogP contribution in [0.15, 0.2) is 33.5 Å². The van der Waals surface area contributed by atoms with E-state index in [9.17, 15) is 14.4 Å². The molecule has 7 nitrogen and oxygen atoms in total. The quantitative estimate of drug-likeness (QED) is 0.752. The molecule has 0 N–H and O–H groups in total. The van der Waals surface area contributed by atoms with Gasteiger partial charge < -0.3 is 19.0 Å². The molecule has 1 atom stereocenters. The van der Waals surface area contributed by atoms with Crippen molar-refractivity contribution in [2.75, 3.05) is 19.6 Å². The number of rotatable bonds is 1. The molecule has 0 spiro atoms. The first-order chi connectivity index (χ1) is 13.0. The van der Waals surface area contributed by atoms with Crippen LogP contribution in [-0.4, -0.2) is 53.1 Å². The Morgan fingerprint density at radius 3 is 2.54 bits per heavy atom. The number of benzene rings is 1. The Hall–Kier alpha value is -2.83. The Morgan fingerprint density at radius 2 is 1.89 bits per heavy atom. The Bertz CT molecular complexity index is 973. The van der Waals surface area contributed by atoms with Crippen molar-refractivity contribution in [2.45, 2.75) is 46.3 Å². The molecule has 2 amide bonds. The Kier molecular flexibility index (Phi) is 5.19. The second-order valence-electron chi connectivity index (χ2n) is 8.26. The number of hydrogen-bond acceptors (Lipinski definition) is 5. The zero-order valence-corrected chi connectivity index (χ0v) is 16.9.